The smallest absolute Gasteiger partial charge is 0.105 e. The van der Waals surface area contributed by atoms with Crippen LogP contribution in [0.1, 0.15) is 16.9 Å². The van der Waals surface area contributed by atoms with Gasteiger partial charge in [0.05, 0.1) is 6.26 Å². The largest absolute Gasteiger partial charge is 0.469 e. The lowest BCUT2D eigenvalue weighted by Gasteiger charge is -2.17. The quantitative estimate of drug-likeness (QED) is 0.813. The summed E-state index contributed by atoms with van der Waals surface area (Å²) in [4.78, 5) is 2.22. The second-order valence-electron chi connectivity index (χ2n) is 4.41. The van der Waals surface area contributed by atoms with E-state index in [2.05, 4.69) is 27.9 Å². The summed E-state index contributed by atoms with van der Waals surface area (Å²) in [7, 11) is 2.07. The topological polar surface area (TPSA) is 16.4 Å². The molecule has 96 valence electrons. The number of rotatable bonds is 4. The Hall–Kier alpha value is -0.770. The van der Waals surface area contributed by atoms with E-state index in [1.807, 2.05) is 31.2 Å². The molecule has 1 aromatic heterocycles. The van der Waals surface area contributed by atoms with Crippen LogP contribution in [0.25, 0.3) is 0 Å². The molecule has 1 heterocycles. The SMILES string of the molecule is Cc1occc1CN(C)Cc1ccc(Br)cc1Cl. The number of halogens is 2. The van der Waals surface area contributed by atoms with E-state index in [-0.39, 0.29) is 0 Å². The van der Waals surface area contributed by atoms with Crippen molar-refractivity contribution in [3.63, 3.8) is 0 Å². The van der Waals surface area contributed by atoms with Gasteiger partial charge in [0.2, 0.25) is 0 Å². The Morgan fingerprint density at radius 3 is 2.56 bits per heavy atom. The maximum absolute atomic E-state index is 6.21. The second-order valence-corrected chi connectivity index (χ2v) is 5.73. The Morgan fingerprint density at radius 2 is 1.94 bits per heavy atom. The molecule has 0 aliphatic heterocycles. The molecular formula is C14H15BrClNO. The lowest BCUT2D eigenvalue weighted by atomic mass is 10.2. The highest BCUT2D eigenvalue weighted by molar-refractivity contribution is 9.10. The summed E-state index contributed by atoms with van der Waals surface area (Å²) < 4.78 is 6.30. The lowest BCUT2D eigenvalue weighted by Crippen LogP contribution is -2.17. The van der Waals surface area contributed by atoms with Gasteiger partial charge in [-0.25, -0.2) is 0 Å². The van der Waals surface area contributed by atoms with Crippen molar-refractivity contribution in [2.45, 2.75) is 20.0 Å². The fourth-order valence-electron chi connectivity index (χ4n) is 1.86. The van der Waals surface area contributed by atoms with Gasteiger partial charge in [0, 0.05) is 28.1 Å². The van der Waals surface area contributed by atoms with E-state index in [0.29, 0.717) is 0 Å². The molecule has 1 aromatic carbocycles. The maximum atomic E-state index is 6.21. The van der Waals surface area contributed by atoms with E-state index in [1.165, 1.54) is 5.56 Å². The Balaban J connectivity index is 2.03. The van der Waals surface area contributed by atoms with Gasteiger partial charge in [0.1, 0.15) is 5.76 Å². The number of hydrogen-bond acceptors (Lipinski definition) is 2. The summed E-state index contributed by atoms with van der Waals surface area (Å²) in [5, 5.41) is 0.792. The standard InChI is InChI=1S/C14H15BrClNO/c1-10-11(5-6-18-10)8-17(2)9-12-3-4-13(15)7-14(12)16/h3-7H,8-9H2,1-2H3. The van der Waals surface area contributed by atoms with E-state index >= 15 is 0 Å². The van der Waals surface area contributed by atoms with E-state index in [1.54, 1.807) is 6.26 Å². The van der Waals surface area contributed by atoms with E-state index < -0.39 is 0 Å². The molecule has 2 rings (SSSR count). The summed E-state index contributed by atoms with van der Waals surface area (Å²) in [6.07, 6.45) is 1.73. The number of nitrogens with zero attached hydrogens (tertiary/aromatic N) is 1. The van der Waals surface area contributed by atoms with Gasteiger partial charge < -0.3 is 4.42 Å². The van der Waals surface area contributed by atoms with Crippen molar-refractivity contribution in [2.24, 2.45) is 0 Å². The van der Waals surface area contributed by atoms with Crippen molar-refractivity contribution in [3.05, 3.63) is 56.9 Å². The van der Waals surface area contributed by atoms with Crippen molar-refractivity contribution in [1.82, 2.24) is 4.90 Å². The summed E-state index contributed by atoms with van der Waals surface area (Å²) in [5.74, 6) is 0.976. The van der Waals surface area contributed by atoms with Crippen molar-refractivity contribution in [1.29, 1.82) is 0 Å². The maximum Gasteiger partial charge on any atom is 0.105 e. The van der Waals surface area contributed by atoms with Gasteiger partial charge in [-0.2, -0.15) is 0 Å². The zero-order valence-corrected chi connectivity index (χ0v) is 12.8. The summed E-state index contributed by atoms with van der Waals surface area (Å²) >= 11 is 9.62. The van der Waals surface area contributed by atoms with Crippen LogP contribution in [0.15, 0.2) is 39.4 Å². The lowest BCUT2D eigenvalue weighted by molar-refractivity contribution is 0.316. The first-order chi connectivity index (χ1) is 8.56. The molecule has 0 radical (unpaired) electrons. The van der Waals surface area contributed by atoms with Crippen LogP contribution in [-0.4, -0.2) is 11.9 Å². The molecule has 0 spiro atoms. The molecule has 0 aliphatic carbocycles. The predicted molar refractivity (Wildman–Crippen MR) is 77.8 cm³/mol. The summed E-state index contributed by atoms with van der Waals surface area (Å²) in [6.45, 7) is 3.65. The molecule has 0 aliphatic rings. The van der Waals surface area contributed by atoms with Gasteiger partial charge in [0.15, 0.2) is 0 Å². The third-order valence-electron chi connectivity index (χ3n) is 2.86. The zero-order chi connectivity index (χ0) is 13.1. The predicted octanol–water partition coefficient (Wildman–Crippen LogP) is 4.64. The number of hydrogen-bond donors (Lipinski definition) is 0. The molecule has 0 atom stereocenters. The summed E-state index contributed by atoms with van der Waals surface area (Å²) in [5.41, 5.74) is 2.34. The van der Waals surface area contributed by atoms with Crippen LogP contribution in [0, 0.1) is 6.92 Å². The van der Waals surface area contributed by atoms with Gasteiger partial charge in [-0.3, -0.25) is 4.90 Å². The minimum atomic E-state index is 0.792. The average Bonchev–Trinajstić information content (AvgIpc) is 2.69. The highest BCUT2D eigenvalue weighted by atomic mass is 79.9. The van der Waals surface area contributed by atoms with Crippen molar-refractivity contribution >= 4 is 27.5 Å². The first kappa shape index (κ1) is 13.7. The number of furan rings is 1. The van der Waals surface area contributed by atoms with Crippen LogP contribution in [0.3, 0.4) is 0 Å². The molecule has 0 unspecified atom stereocenters. The fraction of sp³-hybridized carbons (Fsp3) is 0.286. The van der Waals surface area contributed by atoms with Crippen LogP contribution in [-0.2, 0) is 13.1 Å². The van der Waals surface area contributed by atoms with Gasteiger partial charge >= 0.3 is 0 Å². The third-order valence-corrected chi connectivity index (χ3v) is 3.71. The average molecular weight is 329 g/mol. The minimum absolute atomic E-state index is 0.792. The highest BCUT2D eigenvalue weighted by Crippen LogP contribution is 2.23. The molecule has 4 heteroatoms. The second kappa shape index (κ2) is 5.91. The van der Waals surface area contributed by atoms with Crippen LogP contribution in [0.5, 0.6) is 0 Å². The van der Waals surface area contributed by atoms with Gasteiger partial charge in [-0.1, -0.05) is 33.6 Å². The van der Waals surface area contributed by atoms with Crippen molar-refractivity contribution in [3.8, 4) is 0 Å². The fourth-order valence-corrected chi connectivity index (χ4v) is 2.60. The molecule has 0 saturated carbocycles. The van der Waals surface area contributed by atoms with Crippen LogP contribution in [0.4, 0.5) is 0 Å². The van der Waals surface area contributed by atoms with Crippen molar-refractivity contribution in [2.75, 3.05) is 7.05 Å². The van der Waals surface area contributed by atoms with Gasteiger partial charge in [-0.05, 0) is 37.7 Å². The minimum Gasteiger partial charge on any atom is -0.469 e. The van der Waals surface area contributed by atoms with E-state index in [9.17, 15) is 0 Å². The highest BCUT2D eigenvalue weighted by Gasteiger charge is 2.08. The van der Waals surface area contributed by atoms with Gasteiger partial charge in [0.25, 0.3) is 0 Å². The first-order valence-electron chi connectivity index (χ1n) is 5.71. The number of benzene rings is 1. The molecule has 2 nitrogen and oxygen atoms in total. The van der Waals surface area contributed by atoms with Crippen LogP contribution in [0.2, 0.25) is 5.02 Å². The Morgan fingerprint density at radius 1 is 1.22 bits per heavy atom. The first-order valence-corrected chi connectivity index (χ1v) is 6.89. The normalized spacial score (nSPS) is 11.2. The zero-order valence-electron chi connectivity index (χ0n) is 10.4. The molecule has 0 bridgehead atoms. The molecular weight excluding hydrogens is 314 g/mol. The van der Waals surface area contributed by atoms with Gasteiger partial charge in [-0.15, -0.1) is 0 Å². The summed E-state index contributed by atoms with van der Waals surface area (Å²) in [6, 6.07) is 7.99. The molecule has 2 aromatic rings. The van der Waals surface area contributed by atoms with Crippen molar-refractivity contribution < 1.29 is 4.42 Å². The molecule has 0 fully saturated rings. The third kappa shape index (κ3) is 3.37. The molecule has 0 saturated heterocycles. The number of aryl methyl sites for hydroxylation is 1. The van der Waals surface area contributed by atoms with E-state index in [0.717, 1.165) is 33.9 Å². The van der Waals surface area contributed by atoms with E-state index in [4.69, 9.17) is 16.0 Å². The Labute approximate surface area is 121 Å². The van der Waals surface area contributed by atoms with Crippen LogP contribution < -0.4 is 0 Å². The monoisotopic (exact) mass is 327 g/mol. The Bertz CT molecular complexity index is 538. The molecule has 18 heavy (non-hydrogen) atoms. The van der Waals surface area contributed by atoms with Crippen LogP contribution >= 0.6 is 27.5 Å². The Kier molecular flexibility index (Phi) is 4.49. The molecule has 0 amide bonds. The molecule has 0 N–H and O–H groups in total.